The van der Waals surface area contributed by atoms with E-state index >= 15 is 0 Å². The first-order valence-electron chi connectivity index (χ1n) is 2.70. The number of carboxylic acid groups (broad SMARTS) is 2. The van der Waals surface area contributed by atoms with E-state index in [0.29, 0.717) is 0 Å². The van der Waals surface area contributed by atoms with Crippen LogP contribution in [-0.2, 0) is 9.59 Å². The van der Waals surface area contributed by atoms with Crippen molar-refractivity contribution >= 4 is 57.4 Å². The summed E-state index contributed by atoms with van der Waals surface area (Å²) in [4.78, 5) is 19.6. The molecule has 0 saturated heterocycles. The van der Waals surface area contributed by atoms with Crippen molar-refractivity contribution in [1.29, 1.82) is 0 Å². The Bertz CT molecular complexity index is 156. The van der Waals surface area contributed by atoms with Crippen LogP contribution in [0.15, 0.2) is 0 Å². The molecule has 106 valence electrons. The number of hydrogen-bond acceptors (Lipinski definition) is 5. The maximum absolute atomic E-state index is 9.86. The predicted molar refractivity (Wildman–Crippen MR) is 54.7 cm³/mol. The molecule has 0 bridgehead atoms. The Hall–Kier alpha value is 0.141. The molecule has 0 aromatic rings. The van der Waals surface area contributed by atoms with E-state index in [1.54, 1.807) is 0 Å². The first-order valence-corrected chi connectivity index (χ1v) is 2.70. The van der Waals surface area contributed by atoms with E-state index in [1.807, 2.05) is 0 Å². The van der Waals surface area contributed by atoms with Crippen molar-refractivity contribution in [1.82, 2.24) is 0 Å². The molecular formula is C5H19NO10Sr. The summed E-state index contributed by atoms with van der Waals surface area (Å²) in [6.45, 7) is 0. The second kappa shape index (κ2) is 29.8. The van der Waals surface area contributed by atoms with Crippen LogP contribution in [0.25, 0.3) is 0 Å². The third-order valence-electron chi connectivity index (χ3n) is 0.962. The summed E-state index contributed by atoms with van der Waals surface area (Å²) in [7, 11) is 0. The van der Waals surface area contributed by atoms with Gasteiger partial charge in [-0.15, -0.1) is 0 Å². The molecule has 0 amide bonds. The average molecular weight is 341 g/mol. The van der Waals surface area contributed by atoms with Crippen LogP contribution in [0.4, 0.5) is 0 Å². The van der Waals surface area contributed by atoms with Crippen molar-refractivity contribution in [2.24, 2.45) is 5.73 Å². The molecule has 0 radical (unpaired) electrons. The number of rotatable bonds is 4. The van der Waals surface area contributed by atoms with Gasteiger partial charge in [-0.3, -0.25) is 0 Å². The van der Waals surface area contributed by atoms with Crippen molar-refractivity contribution in [3.05, 3.63) is 0 Å². The first kappa shape index (κ1) is 53.4. The number of carbonyl (C=O) groups is 2. The van der Waals surface area contributed by atoms with E-state index in [-0.39, 0.29) is 91.2 Å². The fraction of sp³-hybridized carbons (Fsp3) is 0.600. The van der Waals surface area contributed by atoms with Crippen LogP contribution >= 0.6 is 0 Å². The molecule has 0 aliphatic rings. The third kappa shape index (κ3) is 38.6. The minimum absolute atomic E-state index is 0. The first-order chi connectivity index (χ1) is 4.54. The number of aliphatic carboxylic acids is 2. The molecule has 0 saturated carbocycles. The van der Waals surface area contributed by atoms with Gasteiger partial charge in [0.1, 0.15) is 0 Å². The monoisotopic (exact) mass is 341 g/mol. The number of hydrogen-bond donors (Lipinski definition) is 1. The molecule has 1 unspecified atom stereocenters. The molecule has 12 heteroatoms. The van der Waals surface area contributed by atoms with Gasteiger partial charge in [0.05, 0.1) is 5.97 Å². The number of carbonyl (C=O) groups excluding carboxylic acids is 2. The molecular weight excluding hydrogens is 322 g/mol. The van der Waals surface area contributed by atoms with E-state index in [1.165, 1.54) is 0 Å². The van der Waals surface area contributed by atoms with Crippen molar-refractivity contribution in [3.63, 3.8) is 0 Å². The van der Waals surface area contributed by atoms with Gasteiger partial charge in [-0.05, 0) is 12.8 Å². The van der Waals surface area contributed by atoms with Gasteiger partial charge in [-0.1, -0.05) is 0 Å². The summed E-state index contributed by atoms with van der Waals surface area (Å²) < 4.78 is 0. The Labute approximate surface area is 134 Å². The normalized spacial score (nSPS) is 7.35. The van der Waals surface area contributed by atoms with Crippen LogP contribution in [0.3, 0.4) is 0 Å². The predicted octanol–water partition coefficient (Wildman–Crippen LogP) is -8.74. The summed E-state index contributed by atoms with van der Waals surface area (Å²) in [6.07, 6.45) is -0.500. The van der Waals surface area contributed by atoms with Gasteiger partial charge in [-0.25, -0.2) is 0 Å². The van der Waals surface area contributed by atoms with Gasteiger partial charge in [0.25, 0.3) is 0 Å². The summed E-state index contributed by atoms with van der Waals surface area (Å²) >= 11 is 0. The number of nitrogens with two attached hydrogens (primary N) is 1. The fourth-order valence-corrected chi connectivity index (χ4v) is 0.391. The third-order valence-corrected chi connectivity index (χ3v) is 0.962. The Balaban J connectivity index is -0.0000000193. The maximum atomic E-state index is 9.86. The zero-order chi connectivity index (χ0) is 8.15. The van der Waals surface area contributed by atoms with Crippen molar-refractivity contribution in [3.8, 4) is 0 Å². The van der Waals surface area contributed by atoms with Crippen LogP contribution in [0.2, 0.25) is 0 Å². The maximum Gasteiger partial charge on any atom is 2.00 e. The van der Waals surface area contributed by atoms with Crippen LogP contribution in [0, 0.1) is 0 Å². The second-order valence-corrected chi connectivity index (χ2v) is 1.84. The smallest absolute Gasteiger partial charge is 0.550 e. The van der Waals surface area contributed by atoms with E-state index in [2.05, 4.69) is 0 Å². The van der Waals surface area contributed by atoms with Crippen molar-refractivity contribution in [2.45, 2.75) is 18.9 Å². The largest absolute Gasteiger partial charge is 2.00 e. The standard InChI is InChI=1S/C5H9NO4.6H2O.Sr/c6-3(5(9)10)1-2-4(7)8;;;;;;;/h3H,1-2,6H2,(H,7,8)(H,9,10);6*1H2;/q;;;;;;;+2/p-2. The zero-order valence-corrected chi connectivity index (χ0v) is 12.4. The Morgan fingerprint density at radius 2 is 1.24 bits per heavy atom. The molecule has 1 atom stereocenters. The molecule has 0 aromatic heterocycles. The summed E-state index contributed by atoms with van der Waals surface area (Å²) in [5.74, 6) is -2.75. The quantitative estimate of drug-likeness (QED) is 0.485. The zero-order valence-electron chi connectivity index (χ0n) is 8.91. The van der Waals surface area contributed by atoms with Crippen LogP contribution in [0.5, 0.6) is 0 Å². The van der Waals surface area contributed by atoms with E-state index in [4.69, 9.17) is 5.73 Å². The Morgan fingerprint density at radius 1 is 0.941 bits per heavy atom. The summed E-state index contributed by atoms with van der Waals surface area (Å²) in [5.41, 5.74) is 4.91. The van der Waals surface area contributed by atoms with E-state index in [9.17, 15) is 19.8 Å². The van der Waals surface area contributed by atoms with Gasteiger partial charge in [0.15, 0.2) is 0 Å². The molecule has 14 N–H and O–H groups in total. The van der Waals surface area contributed by atoms with E-state index < -0.39 is 18.0 Å². The molecule has 0 rings (SSSR count). The minimum atomic E-state index is -1.44. The molecule has 0 heterocycles. The molecule has 17 heavy (non-hydrogen) atoms. The molecule has 0 aliphatic heterocycles. The molecule has 0 fully saturated rings. The van der Waals surface area contributed by atoms with Gasteiger partial charge < -0.3 is 58.4 Å². The van der Waals surface area contributed by atoms with Gasteiger partial charge in [0.2, 0.25) is 0 Å². The molecule has 0 aromatic carbocycles. The van der Waals surface area contributed by atoms with Gasteiger partial charge in [-0.2, -0.15) is 0 Å². The number of carboxylic acids is 2. The molecule has 0 spiro atoms. The Kier molecular flexibility index (Phi) is 93.7. The van der Waals surface area contributed by atoms with Crippen LogP contribution < -0.4 is 15.9 Å². The SMILES string of the molecule is NC(CCC(=O)[O-])C(=O)[O-].O.O.O.O.O.O.[Sr+2]. The van der Waals surface area contributed by atoms with Crippen LogP contribution in [-0.4, -0.2) is 96.3 Å². The average Bonchev–Trinajstić information content (AvgIpc) is 1.82. The topological polar surface area (TPSA) is 295 Å². The summed E-state index contributed by atoms with van der Waals surface area (Å²) in [5, 5.41) is 19.6. The fourth-order valence-electron chi connectivity index (χ4n) is 0.391. The summed E-state index contributed by atoms with van der Waals surface area (Å²) in [6, 6.07) is -1.21. The van der Waals surface area contributed by atoms with E-state index in [0.717, 1.165) is 0 Å². The van der Waals surface area contributed by atoms with Gasteiger partial charge in [0, 0.05) is 12.0 Å². The van der Waals surface area contributed by atoms with Crippen LogP contribution in [0.1, 0.15) is 12.8 Å². The second-order valence-electron chi connectivity index (χ2n) is 1.84. The van der Waals surface area contributed by atoms with Crippen molar-refractivity contribution in [2.75, 3.05) is 0 Å². The van der Waals surface area contributed by atoms with Gasteiger partial charge >= 0.3 is 45.5 Å². The Morgan fingerprint density at radius 3 is 1.41 bits per heavy atom. The van der Waals surface area contributed by atoms with Crippen molar-refractivity contribution < 1.29 is 52.7 Å². The minimum Gasteiger partial charge on any atom is -0.550 e. The molecule has 0 aliphatic carbocycles. The molecule has 11 nitrogen and oxygen atoms in total.